The van der Waals surface area contributed by atoms with Gasteiger partial charge in [-0.15, -0.1) is 0 Å². The summed E-state index contributed by atoms with van der Waals surface area (Å²) in [5, 5.41) is 9.72. The minimum Gasteiger partial charge on any atom is -0.508 e. The fourth-order valence-electron chi connectivity index (χ4n) is 3.78. The van der Waals surface area contributed by atoms with E-state index in [2.05, 4.69) is 0 Å². The fourth-order valence-corrected chi connectivity index (χ4v) is 3.78. The maximum absolute atomic E-state index is 14.4. The van der Waals surface area contributed by atoms with Crippen LogP contribution in [0.3, 0.4) is 0 Å². The first kappa shape index (κ1) is 19.6. The Kier molecular flexibility index (Phi) is 5.44. The zero-order valence-corrected chi connectivity index (χ0v) is 16.3. The summed E-state index contributed by atoms with van der Waals surface area (Å²) in [6.45, 7) is 0. The van der Waals surface area contributed by atoms with E-state index in [1.165, 1.54) is 6.07 Å². The van der Waals surface area contributed by atoms with E-state index in [9.17, 15) is 14.3 Å². The van der Waals surface area contributed by atoms with Gasteiger partial charge in [0.15, 0.2) is 5.78 Å². The molecular formula is C27H21FO2. The van der Waals surface area contributed by atoms with Gasteiger partial charge >= 0.3 is 0 Å². The van der Waals surface area contributed by atoms with Crippen molar-refractivity contribution in [1.29, 1.82) is 0 Å². The van der Waals surface area contributed by atoms with Crippen LogP contribution in [0.15, 0.2) is 109 Å². The zero-order valence-electron chi connectivity index (χ0n) is 16.3. The van der Waals surface area contributed by atoms with Crippen LogP contribution in [0.25, 0.3) is 5.57 Å². The number of benzene rings is 3. The second kappa shape index (κ2) is 8.34. The minimum atomic E-state index is -0.634. The molecule has 0 spiro atoms. The summed E-state index contributed by atoms with van der Waals surface area (Å²) in [6.07, 6.45) is 9.77. The number of carbonyl (C=O) groups is 1. The van der Waals surface area contributed by atoms with Crippen molar-refractivity contribution in [3.05, 3.63) is 132 Å². The minimum absolute atomic E-state index is 0.0934. The standard InChI is InChI=1S/C27H21FO2/c28-25-11-5-4-10-24(25)21-9-6-17-27(19-21,22-12-14-23(29)15-13-22)18-16-26(30)20-7-2-1-3-8-20/h1-18,29H,19H2. The molecule has 0 aliphatic heterocycles. The highest BCUT2D eigenvalue weighted by molar-refractivity contribution is 6.04. The number of aromatic hydroxyl groups is 1. The summed E-state index contributed by atoms with van der Waals surface area (Å²) in [5.74, 6) is -0.199. The molecule has 1 atom stereocenters. The normalized spacial score (nSPS) is 18.4. The molecule has 0 saturated carbocycles. The maximum atomic E-state index is 14.4. The Morgan fingerprint density at radius 3 is 2.37 bits per heavy atom. The smallest absolute Gasteiger partial charge is 0.185 e. The maximum Gasteiger partial charge on any atom is 0.185 e. The Bertz CT molecular complexity index is 1140. The van der Waals surface area contributed by atoms with Gasteiger partial charge in [-0.25, -0.2) is 4.39 Å². The number of hydrogen-bond acceptors (Lipinski definition) is 2. The predicted octanol–water partition coefficient (Wildman–Crippen LogP) is 6.25. The van der Waals surface area contributed by atoms with E-state index in [-0.39, 0.29) is 17.3 Å². The van der Waals surface area contributed by atoms with E-state index >= 15 is 0 Å². The van der Waals surface area contributed by atoms with Crippen LogP contribution in [-0.4, -0.2) is 10.9 Å². The third kappa shape index (κ3) is 4.01. The fraction of sp³-hybridized carbons (Fsp3) is 0.0741. The number of ketones is 1. The van der Waals surface area contributed by atoms with E-state index in [1.807, 2.05) is 60.7 Å². The van der Waals surface area contributed by atoms with Gasteiger partial charge in [-0.3, -0.25) is 4.79 Å². The largest absolute Gasteiger partial charge is 0.508 e. The van der Waals surface area contributed by atoms with Crippen LogP contribution < -0.4 is 0 Å². The highest BCUT2D eigenvalue weighted by atomic mass is 19.1. The van der Waals surface area contributed by atoms with Crippen molar-refractivity contribution < 1.29 is 14.3 Å². The van der Waals surface area contributed by atoms with Gasteiger partial charge < -0.3 is 5.11 Å². The van der Waals surface area contributed by atoms with Crippen LogP contribution in [0.5, 0.6) is 5.75 Å². The molecule has 4 rings (SSSR count). The van der Waals surface area contributed by atoms with Gasteiger partial charge in [0.2, 0.25) is 0 Å². The Morgan fingerprint density at radius 1 is 0.933 bits per heavy atom. The first-order valence-electron chi connectivity index (χ1n) is 9.79. The number of halogens is 1. The van der Waals surface area contributed by atoms with Gasteiger partial charge in [0.1, 0.15) is 11.6 Å². The lowest BCUT2D eigenvalue weighted by Gasteiger charge is -2.32. The monoisotopic (exact) mass is 396 g/mol. The van der Waals surface area contributed by atoms with Gasteiger partial charge in [-0.05, 0) is 41.8 Å². The van der Waals surface area contributed by atoms with E-state index in [4.69, 9.17) is 0 Å². The van der Waals surface area contributed by atoms with Crippen LogP contribution in [0, 0.1) is 5.82 Å². The highest BCUT2D eigenvalue weighted by Gasteiger charge is 2.31. The summed E-state index contributed by atoms with van der Waals surface area (Å²) >= 11 is 0. The summed E-state index contributed by atoms with van der Waals surface area (Å²) in [4.78, 5) is 12.7. The van der Waals surface area contributed by atoms with E-state index in [0.29, 0.717) is 17.5 Å². The number of rotatable bonds is 5. The topological polar surface area (TPSA) is 37.3 Å². The Balaban J connectivity index is 1.74. The molecule has 0 amide bonds. The Morgan fingerprint density at radius 2 is 1.63 bits per heavy atom. The first-order valence-corrected chi connectivity index (χ1v) is 9.79. The van der Waals surface area contributed by atoms with Gasteiger partial charge in [0, 0.05) is 16.5 Å². The van der Waals surface area contributed by atoms with Crippen molar-refractivity contribution in [2.75, 3.05) is 0 Å². The summed E-state index contributed by atoms with van der Waals surface area (Å²) in [6, 6.07) is 22.7. The molecule has 3 aromatic carbocycles. The third-order valence-electron chi connectivity index (χ3n) is 5.39. The molecule has 0 fully saturated rings. The van der Waals surface area contributed by atoms with Crippen LogP contribution in [0.2, 0.25) is 0 Å². The second-order valence-corrected chi connectivity index (χ2v) is 7.36. The zero-order chi connectivity index (χ0) is 21.0. The van der Waals surface area contributed by atoms with E-state index < -0.39 is 5.41 Å². The van der Waals surface area contributed by atoms with Crippen molar-refractivity contribution in [2.45, 2.75) is 11.8 Å². The van der Waals surface area contributed by atoms with Crippen molar-refractivity contribution in [3.8, 4) is 5.75 Å². The molecule has 1 aliphatic rings. The number of phenolic OH excluding ortho intramolecular Hbond substituents is 1. The summed E-state index contributed by atoms with van der Waals surface area (Å²) in [5.41, 5.74) is 2.29. The molecule has 0 saturated heterocycles. The quantitative estimate of drug-likeness (QED) is 0.409. The molecule has 30 heavy (non-hydrogen) atoms. The number of carbonyl (C=O) groups excluding carboxylic acids is 1. The van der Waals surface area contributed by atoms with Gasteiger partial charge in [0.25, 0.3) is 0 Å². The summed E-state index contributed by atoms with van der Waals surface area (Å²) in [7, 11) is 0. The molecule has 1 aliphatic carbocycles. The van der Waals surface area contributed by atoms with Gasteiger partial charge in [-0.2, -0.15) is 0 Å². The number of phenols is 1. The summed E-state index contributed by atoms with van der Waals surface area (Å²) < 4.78 is 14.4. The van der Waals surface area contributed by atoms with Crippen LogP contribution >= 0.6 is 0 Å². The van der Waals surface area contributed by atoms with Crippen LogP contribution in [0.1, 0.15) is 27.9 Å². The predicted molar refractivity (Wildman–Crippen MR) is 118 cm³/mol. The van der Waals surface area contributed by atoms with E-state index in [0.717, 1.165) is 11.1 Å². The first-order chi connectivity index (χ1) is 14.6. The second-order valence-electron chi connectivity index (χ2n) is 7.36. The third-order valence-corrected chi connectivity index (χ3v) is 5.39. The molecule has 0 bridgehead atoms. The SMILES string of the molecule is O=C(C=CC1(c2ccc(O)cc2)C=CC=C(c2ccccc2F)C1)c1ccccc1. The van der Waals surface area contributed by atoms with Crippen LogP contribution in [-0.2, 0) is 5.41 Å². The Hall–Kier alpha value is -3.72. The average molecular weight is 396 g/mol. The molecule has 0 heterocycles. The molecular weight excluding hydrogens is 375 g/mol. The molecule has 3 heteroatoms. The lowest BCUT2D eigenvalue weighted by molar-refractivity contribution is 0.104. The van der Waals surface area contributed by atoms with Crippen molar-refractivity contribution in [3.63, 3.8) is 0 Å². The molecule has 1 unspecified atom stereocenters. The highest BCUT2D eigenvalue weighted by Crippen LogP contribution is 2.41. The van der Waals surface area contributed by atoms with E-state index in [1.54, 1.807) is 42.5 Å². The number of hydrogen-bond donors (Lipinski definition) is 1. The molecule has 3 aromatic rings. The van der Waals surface area contributed by atoms with Gasteiger partial charge in [-0.1, -0.05) is 85.0 Å². The molecule has 1 N–H and O–H groups in total. The average Bonchev–Trinajstić information content (AvgIpc) is 2.79. The number of allylic oxidation sites excluding steroid dienone is 6. The van der Waals surface area contributed by atoms with Crippen LogP contribution in [0.4, 0.5) is 4.39 Å². The molecule has 148 valence electrons. The Labute approximate surface area is 175 Å². The molecule has 0 aromatic heterocycles. The van der Waals surface area contributed by atoms with Crippen molar-refractivity contribution >= 4 is 11.4 Å². The molecule has 0 radical (unpaired) electrons. The lowest BCUT2D eigenvalue weighted by Crippen LogP contribution is -2.23. The molecule has 2 nitrogen and oxygen atoms in total. The lowest BCUT2D eigenvalue weighted by atomic mass is 9.71. The van der Waals surface area contributed by atoms with Gasteiger partial charge in [0.05, 0.1) is 0 Å². The van der Waals surface area contributed by atoms with Crippen molar-refractivity contribution in [1.82, 2.24) is 0 Å². The van der Waals surface area contributed by atoms with Crippen molar-refractivity contribution in [2.24, 2.45) is 0 Å².